The van der Waals surface area contributed by atoms with Crippen LogP contribution in [0.25, 0.3) is 0 Å². The van der Waals surface area contributed by atoms with Crippen LogP contribution in [-0.2, 0) is 19.1 Å². The van der Waals surface area contributed by atoms with Crippen molar-refractivity contribution in [2.45, 2.75) is 71.8 Å². The van der Waals surface area contributed by atoms with E-state index in [1.54, 1.807) is 6.92 Å². The first kappa shape index (κ1) is 17.0. The van der Waals surface area contributed by atoms with Gasteiger partial charge in [-0.2, -0.15) is 0 Å². The predicted octanol–water partition coefficient (Wildman–Crippen LogP) is 3.48. The van der Waals surface area contributed by atoms with E-state index < -0.39 is 11.6 Å². The van der Waals surface area contributed by atoms with Crippen LogP contribution in [0, 0.1) is 11.8 Å². The minimum Gasteiger partial charge on any atom is -0.457 e. The molecule has 0 spiro atoms. The Hall–Kier alpha value is -1.06. The van der Waals surface area contributed by atoms with Gasteiger partial charge in [-0.3, -0.25) is 4.79 Å². The van der Waals surface area contributed by atoms with Crippen molar-refractivity contribution in [1.29, 1.82) is 0 Å². The predicted molar refractivity (Wildman–Crippen MR) is 77.2 cm³/mol. The zero-order valence-electron chi connectivity index (χ0n) is 13.2. The lowest BCUT2D eigenvalue weighted by Crippen LogP contribution is -2.39. The van der Waals surface area contributed by atoms with Crippen molar-refractivity contribution in [2.24, 2.45) is 11.8 Å². The van der Waals surface area contributed by atoms with Crippen molar-refractivity contribution in [2.75, 3.05) is 6.61 Å². The van der Waals surface area contributed by atoms with Gasteiger partial charge in [0.05, 0.1) is 5.92 Å². The minimum absolute atomic E-state index is 0.172. The molecule has 1 saturated carbocycles. The van der Waals surface area contributed by atoms with Crippen molar-refractivity contribution < 1.29 is 19.1 Å². The van der Waals surface area contributed by atoms with Gasteiger partial charge >= 0.3 is 11.9 Å². The maximum atomic E-state index is 11.8. The van der Waals surface area contributed by atoms with E-state index >= 15 is 0 Å². The van der Waals surface area contributed by atoms with Gasteiger partial charge in [-0.25, -0.2) is 4.79 Å². The zero-order chi connectivity index (χ0) is 15.2. The molecular formula is C16H28O4. The molecule has 1 aliphatic rings. The molecule has 0 aromatic carbocycles. The molecule has 0 bridgehead atoms. The van der Waals surface area contributed by atoms with Gasteiger partial charge in [0.15, 0.2) is 6.61 Å². The molecule has 1 aliphatic carbocycles. The first-order valence-corrected chi connectivity index (χ1v) is 7.75. The Labute approximate surface area is 122 Å². The maximum Gasteiger partial charge on any atom is 0.344 e. The number of carbonyl (C=O) groups excluding carboxylic acids is 2. The number of hydrogen-bond donors (Lipinski definition) is 0. The number of rotatable bonds is 6. The Kier molecular flexibility index (Phi) is 6.50. The number of carbonyl (C=O) groups is 2. The van der Waals surface area contributed by atoms with E-state index in [0.717, 1.165) is 12.8 Å². The van der Waals surface area contributed by atoms with Crippen molar-refractivity contribution >= 4 is 11.9 Å². The molecule has 0 N–H and O–H groups in total. The highest BCUT2D eigenvalue weighted by molar-refractivity contribution is 5.77. The minimum atomic E-state index is -0.472. The molecule has 0 aromatic heterocycles. The van der Waals surface area contributed by atoms with Gasteiger partial charge in [-0.05, 0) is 39.0 Å². The molecule has 1 atom stereocenters. The fourth-order valence-corrected chi connectivity index (χ4v) is 2.64. The average molecular weight is 284 g/mol. The average Bonchev–Trinajstić information content (AvgIpc) is 2.44. The molecular weight excluding hydrogens is 256 g/mol. The van der Waals surface area contributed by atoms with Gasteiger partial charge in [0, 0.05) is 0 Å². The lowest BCUT2D eigenvalue weighted by atomic mass is 9.79. The molecule has 1 fully saturated rings. The second-order valence-electron chi connectivity index (χ2n) is 6.33. The molecule has 116 valence electrons. The van der Waals surface area contributed by atoms with Crippen LogP contribution in [-0.4, -0.2) is 24.1 Å². The molecule has 4 heteroatoms. The van der Waals surface area contributed by atoms with Crippen LogP contribution in [0.1, 0.15) is 66.2 Å². The Morgan fingerprint density at radius 2 is 1.80 bits per heavy atom. The van der Waals surface area contributed by atoms with E-state index in [1.165, 1.54) is 19.3 Å². The molecule has 0 aromatic rings. The van der Waals surface area contributed by atoms with Crippen molar-refractivity contribution in [3.63, 3.8) is 0 Å². The fraction of sp³-hybridized carbons (Fsp3) is 0.875. The van der Waals surface area contributed by atoms with Gasteiger partial charge in [0.25, 0.3) is 0 Å². The van der Waals surface area contributed by atoms with E-state index in [4.69, 9.17) is 9.47 Å². The zero-order valence-corrected chi connectivity index (χ0v) is 13.2. The highest BCUT2D eigenvalue weighted by atomic mass is 16.6. The molecule has 1 rings (SSSR count). The van der Waals surface area contributed by atoms with Crippen molar-refractivity contribution in [3.8, 4) is 0 Å². The molecule has 0 radical (unpaired) electrons. The van der Waals surface area contributed by atoms with E-state index in [2.05, 4.69) is 0 Å². The van der Waals surface area contributed by atoms with Crippen LogP contribution in [0.4, 0.5) is 0 Å². The summed E-state index contributed by atoms with van der Waals surface area (Å²) in [6, 6.07) is 0. The smallest absolute Gasteiger partial charge is 0.344 e. The van der Waals surface area contributed by atoms with E-state index in [-0.39, 0.29) is 18.5 Å². The number of hydrogen-bond acceptors (Lipinski definition) is 4. The molecule has 0 saturated heterocycles. The van der Waals surface area contributed by atoms with Crippen molar-refractivity contribution in [1.82, 2.24) is 0 Å². The summed E-state index contributed by atoms with van der Waals surface area (Å²) in [4.78, 5) is 23.3. The van der Waals surface area contributed by atoms with Crippen LogP contribution in [0.2, 0.25) is 0 Å². The second-order valence-corrected chi connectivity index (χ2v) is 6.33. The summed E-state index contributed by atoms with van der Waals surface area (Å²) in [6.45, 7) is 7.34. The van der Waals surface area contributed by atoms with E-state index in [0.29, 0.717) is 12.3 Å². The lowest BCUT2D eigenvalue weighted by Gasteiger charge is -2.36. The summed E-state index contributed by atoms with van der Waals surface area (Å²) in [5.41, 5.74) is -0.472. The molecule has 4 nitrogen and oxygen atoms in total. The number of ether oxygens (including phenoxy) is 2. The summed E-state index contributed by atoms with van der Waals surface area (Å²) < 4.78 is 10.5. The van der Waals surface area contributed by atoms with Gasteiger partial charge in [0.1, 0.15) is 5.60 Å². The summed E-state index contributed by atoms with van der Waals surface area (Å²) in [5, 5.41) is 0. The Morgan fingerprint density at radius 1 is 1.20 bits per heavy atom. The Morgan fingerprint density at radius 3 is 2.35 bits per heavy atom. The van der Waals surface area contributed by atoms with Crippen LogP contribution >= 0.6 is 0 Å². The highest BCUT2D eigenvalue weighted by Crippen LogP contribution is 2.34. The Bertz CT molecular complexity index is 329. The standard InChI is InChI=1S/C16H28O4/c1-5-12(2)15(18)19-11-14(17)20-16(3,4)13-9-7-6-8-10-13/h12-13H,5-11H2,1-4H3. The first-order chi connectivity index (χ1) is 9.36. The van der Waals surface area contributed by atoms with Gasteiger partial charge in [-0.1, -0.05) is 33.1 Å². The normalized spacial score (nSPS) is 18.4. The van der Waals surface area contributed by atoms with Crippen molar-refractivity contribution in [3.05, 3.63) is 0 Å². The topological polar surface area (TPSA) is 52.6 Å². The number of esters is 2. The lowest BCUT2D eigenvalue weighted by molar-refractivity contribution is -0.173. The van der Waals surface area contributed by atoms with Crippen LogP contribution in [0.15, 0.2) is 0 Å². The quantitative estimate of drug-likeness (QED) is 0.701. The van der Waals surface area contributed by atoms with E-state index in [9.17, 15) is 9.59 Å². The maximum absolute atomic E-state index is 11.8. The summed E-state index contributed by atoms with van der Waals surface area (Å²) >= 11 is 0. The van der Waals surface area contributed by atoms with Gasteiger partial charge in [-0.15, -0.1) is 0 Å². The van der Waals surface area contributed by atoms with Gasteiger partial charge in [0.2, 0.25) is 0 Å². The summed E-state index contributed by atoms with van der Waals surface area (Å²) in [6.07, 6.45) is 6.59. The largest absolute Gasteiger partial charge is 0.457 e. The summed E-state index contributed by atoms with van der Waals surface area (Å²) in [5.74, 6) is -0.545. The van der Waals surface area contributed by atoms with Crippen LogP contribution in [0.5, 0.6) is 0 Å². The van der Waals surface area contributed by atoms with E-state index in [1.807, 2.05) is 20.8 Å². The fourth-order valence-electron chi connectivity index (χ4n) is 2.64. The van der Waals surface area contributed by atoms with Crippen LogP contribution in [0.3, 0.4) is 0 Å². The molecule has 0 heterocycles. The Balaban J connectivity index is 2.38. The molecule has 1 unspecified atom stereocenters. The third-order valence-corrected chi connectivity index (χ3v) is 4.31. The molecule has 0 amide bonds. The van der Waals surface area contributed by atoms with Crippen LogP contribution < -0.4 is 0 Å². The molecule has 0 aliphatic heterocycles. The highest BCUT2D eigenvalue weighted by Gasteiger charge is 2.34. The first-order valence-electron chi connectivity index (χ1n) is 7.75. The summed E-state index contributed by atoms with van der Waals surface area (Å²) in [7, 11) is 0. The SMILES string of the molecule is CCC(C)C(=O)OCC(=O)OC(C)(C)C1CCCCC1. The monoisotopic (exact) mass is 284 g/mol. The molecule has 20 heavy (non-hydrogen) atoms. The third kappa shape index (κ3) is 5.14. The van der Waals surface area contributed by atoms with Gasteiger partial charge < -0.3 is 9.47 Å². The third-order valence-electron chi connectivity index (χ3n) is 4.31. The second kappa shape index (κ2) is 7.65.